The third kappa shape index (κ3) is 4.79. The van der Waals surface area contributed by atoms with Crippen molar-refractivity contribution in [2.45, 2.75) is 103 Å². The van der Waals surface area contributed by atoms with Crippen LogP contribution in [0.25, 0.3) is 0 Å². The van der Waals surface area contributed by atoms with E-state index >= 15 is 0 Å². The Morgan fingerprint density at radius 2 is 1.79 bits per heavy atom. The Morgan fingerprint density at radius 3 is 2.50 bits per heavy atom. The summed E-state index contributed by atoms with van der Waals surface area (Å²) in [6.07, 6.45) is 6.57. The summed E-state index contributed by atoms with van der Waals surface area (Å²) in [5.41, 5.74) is 0.919. The quantitative estimate of drug-likeness (QED) is 0.412. The van der Waals surface area contributed by atoms with Gasteiger partial charge in [-0.3, -0.25) is 4.79 Å². The van der Waals surface area contributed by atoms with Crippen LogP contribution >= 0.6 is 0 Å². The van der Waals surface area contributed by atoms with Crippen molar-refractivity contribution in [1.29, 1.82) is 0 Å². The highest BCUT2D eigenvalue weighted by Crippen LogP contribution is 2.68. The van der Waals surface area contributed by atoms with Gasteiger partial charge in [0.1, 0.15) is 5.75 Å². The van der Waals surface area contributed by atoms with Gasteiger partial charge in [-0.15, -0.1) is 0 Å². The van der Waals surface area contributed by atoms with Crippen molar-refractivity contribution in [3.8, 4) is 5.75 Å². The standard InChI is InChI=1S/C32H49NO5/c1-19(5-12-29(37)33-18-20-6-8-23(38-4)9-7-20)24-10-11-25-30-26(17-28(36)32(24,25)3)31(2)14-13-22(34)15-21(31)16-27(30)35/h6-9,19,21-22,24-28,30,34-36H,5,10-18H2,1-4H3,(H,33,37)/t19-,21+,22-,24-,25+,26+,27-,28+,30+,31+,32-/m1/s1. The van der Waals surface area contributed by atoms with Crippen LogP contribution in [0.1, 0.15) is 84.1 Å². The van der Waals surface area contributed by atoms with Gasteiger partial charge in [-0.05, 0) is 115 Å². The van der Waals surface area contributed by atoms with E-state index in [4.69, 9.17) is 4.74 Å². The molecule has 6 heteroatoms. The Hall–Kier alpha value is -1.63. The average molecular weight is 528 g/mol. The molecule has 4 saturated carbocycles. The predicted molar refractivity (Wildman–Crippen MR) is 147 cm³/mol. The Morgan fingerprint density at radius 1 is 1.05 bits per heavy atom. The van der Waals surface area contributed by atoms with Crippen LogP contribution in [0.15, 0.2) is 24.3 Å². The number of rotatable bonds is 7. The van der Waals surface area contributed by atoms with Crippen molar-refractivity contribution in [2.75, 3.05) is 7.11 Å². The van der Waals surface area contributed by atoms with E-state index in [2.05, 4.69) is 26.1 Å². The molecule has 0 radical (unpaired) electrons. The van der Waals surface area contributed by atoms with Gasteiger partial charge in [0.05, 0.1) is 25.4 Å². The van der Waals surface area contributed by atoms with Crippen LogP contribution in [-0.4, -0.2) is 46.6 Å². The number of methoxy groups -OCH3 is 1. The number of nitrogens with one attached hydrogen (secondary N) is 1. The zero-order valence-electron chi connectivity index (χ0n) is 23.7. The summed E-state index contributed by atoms with van der Waals surface area (Å²) in [7, 11) is 1.64. The molecule has 0 spiro atoms. The molecule has 0 heterocycles. The summed E-state index contributed by atoms with van der Waals surface area (Å²) in [6.45, 7) is 7.42. The molecule has 212 valence electrons. The molecule has 0 saturated heterocycles. The number of benzene rings is 1. The van der Waals surface area contributed by atoms with Gasteiger partial charge < -0.3 is 25.4 Å². The van der Waals surface area contributed by atoms with Gasteiger partial charge in [0.25, 0.3) is 0 Å². The van der Waals surface area contributed by atoms with Crippen LogP contribution in [0.5, 0.6) is 5.75 Å². The van der Waals surface area contributed by atoms with E-state index in [0.29, 0.717) is 42.6 Å². The zero-order chi connectivity index (χ0) is 27.2. The third-order valence-electron chi connectivity index (χ3n) is 12.0. The lowest BCUT2D eigenvalue weighted by molar-refractivity contribution is -0.207. The second-order valence-corrected chi connectivity index (χ2v) is 13.7. The maximum absolute atomic E-state index is 12.7. The highest BCUT2D eigenvalue weighted by atomic mass is 16.5. The number of hydrogen-bond donors (Lipinski definition) is 4. The fraction of sp³-hybridized carbons (Fsp3) is 0.781. The van der Waals surface area contributed by atoms with Crippen LogP contribution in [0.2, 0.25) is 0 Å². The number of fused-ring (bicyclic) bond motifs is 5. The van der Waals surface area contributed by atoms with E-state index in [1.54, 1.807) is 7.11 Å². The van der Waals surface area contributed by atoms with Crippen molar-refractivity contribution in [1.82, 2.24) is 5.32 Å². The second-order valence-electron chi connectivity index (χ2n) is 13.7. The fourth-order valence-corrected chi connectivity index (χ4v) is 9.72. The summed E-state index contributed by atoms with van der Waals surface area (Å²) >= 11 is 0. The second kappa shape index (κ2) is 10.7. The van der Waals surface area contributed by atoms with Gasteiger partial charge in [-0.2, -0.15) is 0 Å². The van der Waals surface area contributed by atoms with E-state index < -0.39 is 0 Å². The molecule has 4 aliphatic carbocycles. The minimum absolute atomic E-state index is 0.0674. The van der Waals surface area contributed by atoms with Gasteiger partial charge in [0.15, 0.2) is 0 Å². The first-order valence-corrected chi connectivity index (χ1v) is 15.0. The van der Waals surface area contributed by atoms with Crippen LogP contribution < -0.4 is 10.1 Å². The lowest BCUT2D eigenvalue weighted by atomic mass is 9.43. The van der Waals surface area contributed by atoms with Crippen molar-refractivity contribution >= 4 is 5.91 Å². The SMILES string of the molecule is COc1ccc(CNC(=O)CC[C@@H](C)[C@H]2CC[C@H]3[C@@H]4[C@H](O)C[C@@H]5C[C@H](O)CC[C@]5(C)[C@H]4C[C@H](O)[C@]23C)cc1. The first kappa shape index (κ1) is 27.9. The molecule has 4 fully saturated rings. The van der Waals surface area contributed by atoms with Crippen LogP contribution in [0.3, 0.4) is 0 Å². The van der Waals surface area contributed by atoms with Gasteiger partial charge >= 0.3 is 0 Å². The number of aliphatic hydroxyl groups excluding tert-OH is 3. The maximum Gasteiger partial charge on any atom is 0.220 e. The summed E-state index contributed by atoms with van der Waals surface area (Å²) < 4.78 is 5.20. The molecule has 4 N–H and O–H groups in total. The number of ether oxygens (including phenoxy) is 1. The van der Waals surface area contributed by atoms with Crippen molar-refractivity contribution < 1.29 is 24.9 Å². The molecule has 0 unspecified atom stereocenters. The molecule has 0 aliphatic heterocycles. The van der Waals surface area contributed by atoms with Gasteiger partial charge in [-0.25, -0.2) is 0 Å². The van der Waals surface area contributed by atoms with Crippen molar-refractivity contribution in [3.05, 3.63) is 29.8 Å². The normalized spacial score (nSPS) is 42.9. The first-order valence-electron chi connectivity index (χ1n) is 15.0. The van der Waals surface area contributed by atoms with Gasteiger partial charge in [0, 0.05) is 13.0 Å². The molecule has 0 bridgehead atoms. The summed E-state index contributed by atoms with van der Waals surface area (Å²) in [4.78, 5) is 12.7. The van der Waals surface area contributed by atoms with Crippen LogP contribution in [-0.2, 0) is 11.3 Å². The highest BCUT2D eigenvalue weighted by Gasteiger charge is 2.65. The largest absolute Gasteiger partial charge is 0.497 e. The van der Waals surface area contributed by atoms with Crippen LogP contribution in [0.4, 0.5) is 0 Å². The molecule has 4 aliphatic rings. The molecule has 1 aromatic rings. The number of hydrogen-bond acceptors (Lipinski definition) is 5. The molecule has 11 atom stereocenters. The minimum atomic E-state index is -0.387. The molecular weight excluding hydrogens is 478 g/mol. The fourth-order valence-electron chi connectivity index (χ4n) is 9.72. The molecule has 1 aromatic carbocycles. The maximum atomic E-state index is 12.7. The van der Waals surface area contributed by atoms with E-state index in [1.807, 2.05) is 24.3 Å². The lowest BCUT2D eigenvalue weighted by Crippen LogP contribution is -2.62. The summed E-state index contributed by atoms with van der Waals surface area (Å²) in [5.74, 6) is 2.75. The van der Waals surface area contributed by atoms with E-state index in [9.17, 15) is 20.1 Å². The molecule has 6 nitrogen and oxygen atoms in total. The number of amides is 1. The molecular formula is C32H49NO5. The van der Waals surface area contributed by atoms with Gasteiger partial charge in [0.2, 0.25) is 5.91 Å². The first-order chi connectivity index (χ1) is 18.1. The topological polar surface area (TPSA) is 99.0 Å². The number of carbonyl (C=O) groups is 1. The molecule has 0 aromatic heterocycles. The number of carbonyl (C=O) groups excluding carboxylic acids is 1. The molecule has 1 amide bonds. The number of aliphatic hydroxyl groups is 3. The third-order valence-corrected chi connectivity index (χ3v) is 12.0. The molecule has 5 rings (SSSR count). The van der Waals surface area contributed by atoms with Crippen molar-refractivity contribution in [3.63, 3.8) is 0 Å². The Bertz CT molecular complexity index is 983. The summed E-state index contributed by atoms with van der Waals surface area (Å²) in [6, 6.07) is 7.75. The smallest absolute Gasteiger partial charge is 0.220 e. The van der Waals surface area contributed by atoms with Crippen molar-refractivity contribution in [2.24, 2.45) is 46.3 Å². The minimum Gasteiger partial charge on any atom is -0.497 e. The zero-order valence-corrected chi connectivity index (χ0v) is 23.7. The Balaban J connectivity index is 1.22. The van der Waals surface area contributed by atoms with Crippen LogP contribution in [0, 0.1) is 46.3 Å². The van der Waals surface area contributed by atoms with E-state index in [0.717, 1.165) is 62.7 Å². The monoisotopic (exact) mass is 527 g/mol. The van der Waals surface area contributed by atoms with E-state index in [1.165, 1.54) is 0 Å². The Labute approximate surface area is 228 Å². The Kier molecular flexibility index (Phi) is 7.89. The lowest BCUT2D eigenvalue weighted by Gasteiger charge is -2.63. The highest BCUT2D eigenvalue weighted by molar-refractivity contribution is 5.75. The van der Waals surface area contributed by atoms with E-state index in [-0.39, 0.29) is 41.0 Å². The van der Waals surface area contributed by atoms with Gasteiger partial charge in [-0.1, -0.05) is 32.9 Å². The summed E-state index contributed by atoms with van der Waals surface area (Å²) in [5, 5.41) is 36.6. The molecule has 38 heavy (non-hydrogen) atoms. The predicted octanol–water partition coefficient (Wildman–Crippen LogP) is 4.69. The average Bonchev–Trinajstić information content (AvgIpc) is 3.26.